The quantitative estimate of drug-likeness (QED) is 0.813. The normalized spacial score (nSPS) is 12.9. The molecule has 1 atom stereocenters. The Balaban J connectivity index is 2.40. The van der Waals surface area contributed by atoms with Crippen LogP contribution >= 0.6 is 11.6 Å². The number of halogens is 1. The van der Waals surface area contributed by atoms with E-state index in [0.717, 1.165) is 18.7 Å². The molecule has 0 aliphatic heterocycles. The van der Waals surface area contributed by atoms with Crippen LogP contribution in [0.25, 0.3) is 0 Å². The molecule has 0 saturated carbocycles. The molecule has 1 heterocycles. The zero-order valence-electron chi connectivity index (χ0n) is 9.20. The van der Waals surface area contributed by atoms with Gasteiger partial charge in [0.05, 0.1) is 10.7 Å². The largest absolute Gasteiger partial charge is 0.382 e. The molecule has 15 heavy (non-hydrogen) atoms. The van der Waals surface area contributed by atoms with Crippen molar-refractivity contribution < 1.29 is 0 Å². The number of hydrogen-bond acceptors (Lipinski definition) is 3. The number of nitrogens with zero attached hydrogens (tertiary/aromatic N) is 1. The minimum absolute atomic E-state index is 0.161. The Labute approximate surface area is 96.0 Å². The summed E-state index contributed by atoms with van der Waals surface area (Å²) in [5, 5.41) is 3.85. The fourth-order valence-corrected chi connectivity index (χ4v) is 1.63. The molecule has 0 aromatic carbocycles. The molecule has 0 aliphatic carbocycles. The molecule has 0 spiro atoms. The van der Waals surface area contributed by atoms with Gasteiger partial charge in [-0.25, -0.2) is 0 Å². The lowest BCUT2D eigenvalue weighted by Crippen LogP contribution is -2.30. The first-order valence-electron chi connectivity index (χ1n) is 5.18. The molecule has 3 nitrogen and oxygen atoms in total. The van der Waals surface area contributed by atoms with Gasteiger partial charge in [0, 0.05) is 25.0 Å². The molecule has 3 N–H and O–H groups in total. The summed E-state index contributed by atoms with van der Waals surface area (Å²) in [6.45, 7) is 5.07. The Bertz CT molecular complexity index is 302. The SMILES string of the molecule is CC(C)CC(N)CNc1ccncc1Cl. The number of aromatic nitrogens is 1. The molecule has 0 fully saturated rings. The summed E-state index contributed by atoms with van der Waals surface area (Å²) in [5.74, 6) is 0.620. The predicted octanol–water partition coefficient (Wildman–Crippen LogP) is 2.52. The monoisotopic (exact) mass is 227 g/mol. The second-order valence-electron chi connectivity index (χ2n) is 4.13. The van der Waals surface area contributed by atoms with E-state index in [0.29, 0.717) is 10.9 Å². The van der Waals surface area contributed by atoms with Crippen LogP contribution in [0, 0.1) is 5.92 Å². The van der Waals surface area contributed by atoms with Gasteiger partial charge in [-0.3, -0.25) is 4.98 Å². The van der Waals surface area contributed by atoms with Gasteiger partial charge < -0.3 is 11.1 Å². The van der Waals surface area contributed by atoms with Gasteiger partial charge in [0.15, 0.2) is 0 Å². The molecule has 0 bridgehead atoms. The highest BCUT2D eigenvalue weighted by Gasteiger charge is 2.06. The summed E-state index contributed by atoms with van der Waals surface area (Å²) in [4.78, 5) is 3.92. The Hall–Kier alpha value is -0.800. The second-order valence-corrected chi connectivity index (χ2v) is 4.53. The van der Waals surface area contributed by atoms with Crippen molar-refractivity contribution in [3.63, 3.8) is 0 Å². The van der Waals surface area contributed by atoms with Crippen LogP contribution in [-0.2, 0) is 0 Å². The first-order valence-corrected chi connectivity index (χ1v) is 5.56. The Morgan fingerprint density at radius 2 is 2.27 bits per heavy atom. The lowest BCUT2D eigenvalue weighted by molar-refractivity contribution is 0.508. The minimum atomic E-state index is 0.161. The van der Waals surface area contributed by atoms with Crippen molar-refractivity contribution in [1.29, 1.82) is 0 Å². The number of nitrogens with one attached hydrogen (secondary N) is 1. The Morgan fingerprint density at radius 3 is 2.87 bits per heavy atom. The third kappa shape index (κ3) is 4.49. The van der Waals surface area contributed by atoms with E-state index in [9.17, 15) is 0 Å². The van der Waals surface area contributed by atoms with Gasteiger partial charge in [0.2, 0.25) is 0 Å². The molecular weight excluding hydrogens is 210 g/mol. The van der Waals surface area contributed by atoms with E-state index in [1.807, 2.05) is 6.07 Å². The van der Waals surface area contributed by atoms with Crippen LogP contribution in [0.2, 0.25) is 5.02 Å². The zero-order valence-corrected chi connectivity index (χ0v) is 9.96. The highest BCUT2D eigenvalue weighted by Crippen LogP contribution is 2.19. The first-order chi connectivity index (χ1) is 7.09. The van der Waals surface area contributed by atoms with Crippen molar-refractivity contribution in [1.82, 2.24) is 4.98 Å². The van der Waals surface area contributed by atoms with Crippen molar-refractivity contribution in [3.8, 4) is 0 Å². The van der Waals surface area contributed by atoms with Gasteiger partial charge in [0.25, 0.3) is 0 Å². The van der Waals surface area contributed by atoms with Crippen molar-refractivity contribution in [3.05, 3.63) is 23.5 Å². The number of hydrogen-bond donors (Lipinski definition) is 2. The predicted molar refractivity (Wildman–Crippen MR) is 65.2 cm³/mol. The second kappa shape index (κ2) is 5.93. The lowest BCUT2D eigenvalue weighted by atomic mass is 10.0. The van der Waals surface area contributed by atoms with Gasteiger partial charge in [-0.1, -0.05) is 25.4 Å². The molecule has 1 aromatic rings. The number of anilines is 1. The van der Waals surface area contributed by atoms with Crippen LogP contribution in [0.1, 0.15) is 20.3 Å². The smallest absolute Gasteiger partial charge is 0.0820 e. The Morgan fingerprint density at radius 1 is 1.53 bits per heavy atom. The number of pyridine rings is 1. The summed E-state index contributed by atoms with van der Waals surface area (Å²) in [5.41, 5.74) is 6.85. The highest BCUT2D eigenvalue weighted by molar-refractivity contribution is 6.33. The van der Waals surface area contributed by atoms with E-state index in [2.05, 4.69) is 24.1 Å². The van der Waals surface area contributed by atoms with E-state index in [-0.39, 0.29) is 6.04 Å². The lowest BCUT2D eigenvalue weighted by Gasteiger charge is -2.15. The van der Waals surface area contributed by atoms with E-state index in [1.165, 1.54) is 0 Å². The maximum absolute atomic E-state index is 5.95. The number of nitrogens with two attached hydrogens (primary N) is 1. The van der Waals surface area contributed by atoms with Crippen LogP contribution in [0.15, 0.2) is 18.5 Å². The standard InChI is InChI=1S/C11H18ClN3/c1-8(2)5-9(13)6-15-11-3-4-14-7-10(11)12/h3-4,7-9H,5-6,13H2,1-2H3,(H,14,15). The van der Waals surface area contributed by atoms with Gasteiger partial charge in [-0.05, 0) is 18.4 Å². The van der Waals surface area contributed by atoms with Gasteiger partial charge in [-0.2, -0.15) is 0 Å². The molecule has 0 radical (unpaired) electrons. The third-order valence-electron chi connectivity index (χ3n) is 2.10. The van der Waals surface area contributed by atoms with E-state index >= 15 is 0 Å². The summed E-state index contributed by atoms with van der Waals surface area (Å²) >= 11 is 5.95. The van der Waals surface area contributed by atoms with Crippen LogP contribution in [0.3, 0.4) is 0 Å². The van der Waals surface area contributed by atoms with E-state index < -0.39 is 0 Å². The average Bonchev–Trinajstić information content (AvgIpc) is 2.15. The highest BCUT2D eigenvalue weighted by atomic mass is 35.5. The fourth-order valence-electron chi connectivity index (χ4n) is 1.45. The van der Waals surface area contributed by atoms with E-state index in [4.69, 9.17) is 17.3 Å². The Kier molecular flexibility index (Phi) is 4.85. The minimum Gasteiger partial charge on any atom is -0.382 e. The maximum atomic E-state index is 5.95. The summed E-state index contributed by atoms with van der Waals surface area (Å²) in [6.07, 6.45) is 4.34. The van der Waals surface area contributed by atoms with Crippen LogP contribution in [0.5, 0.6) is 0 Å². The van der Waals surface area contributed by atoms with Crippen molar-refractivity contribution in [2.45, 2.75) is 26.3 Å². The topological polar surface area (TPSA) is 50.9 Å². The molecule has 0 amide bonds. The molecule has 84 valence electrons. The molecule has 1 unspecified atom stereocenters. The third-order valence-corrected chi connectivity index (χ3v) is 2.40. The molecular formula is C11H18ClN3. The van der Waals surface area contributed by atoms with Crippen molar-refractivity contribution in [2.75, 3.05) is 11.9 Å². The number of rotatable bonds is 5. The fraction of sp³-hybridized carbons (Fsp3) is 0.545. The first kappa shape index (κ1) is 12.3. The molecule has 0 aliphatic rings. The van der Waals surface area contributed by atoms with E-state index in [1.54, 1.807) is 12.4 Å². The molecule has 4 heteroatoms. The maximum Gasteiger partial charge on any atom is 0.0820 e. The molecule has 1 aromatic heterocycles. The van der Waals surface area contributed by atoms with Gasteiger partial charge in [-0.15, -0.1) is 0 Å². The molecule has 0 saturated heterocycles. The van der Waals surface area contributed by atoms with Crippen molar-refractivity contribution >= 4 is 17.3 Å². The molecule has 1 rings (SSSR count). The van der Waals surface area contributed by atoms with Gasteiger partial charge in [0.1, 0.15) is 0 Å². The van der Waals surface area contributed by atoms with Gasteiger partial charge >= 0.3 is 0 Å². The van der Waals surface area contributed by atoms with Crippen LogP contribution in [0.4, 0.5) is 5.69 Å². The average molecular weight is 228 g/mol. The zero-order chi connectivity index (χ0) is 11.3. The van der Waals surface area contributed by atoms with Crippen molar-refractivity contribution in [2.24, 2.45) is 11.7 Å². The van der Waals surface area contributed by atoms with Crippen LogP contribution in [-0.4, -0.2) is 17.6 Å². The summed E-state index contributed by atoms with van der Waals surface area (Å²) < 4.78 is 0. The van der Waals surface area contributed by atoms with Crippen LogP contribution < -0.4 is 11.1 Å². The summed E-state index contributed by atoms with van der Waals surface area (Å²) in [6, 6.07) is 2.01. The summed E-state index contributed by atoms with van der Waals surface area (Å²) in [7, 11) is 0.